The number of fused-ring (bicyclic) bond motifs is 2. The van der Waals surface area contributed by atoms with Gasteiger partial charge in [-0.25, -0.2) is 9.38 Å². The van der Waals surface area contributed by atoms with Gasteiger partial charge in [0, 0.05) is 42.1 Å². The fourth-order valence-electron chi connectivity index (χ4n) is 3.79. The van der Waals surface area contributed by atoms with Crippen molar-refractivity contribution < 1.29 is 13.6 Å². The second kappa shape index (κ2) is 8.57. The Morgan fingerprint density at radius 2 is 2.10 bits per heavy atom. The highest BCUT2D eigenvalue weighted by atomic mass is 19.1. The smallest absolute Gasteiger partial charge is 0.225 e. The zero-order valence-electron chi connectivity index (χ0n) is 17.1. The minimum Gasteiger partial charge on any atom is -0.459 e. The number of aliphatic imine (C=N–C) groups is 1. The number of amides is 1. The maximum absolute atomic E-state index is 13.5. The first-order valence-electron chi connectivity index (χ1n) is 10.1. The molecule has 3 N–H and O–H groups in total. The Morgan fingerprint density at radius 1 is 1.27 bits per heavy atom. The predicted molar refractivity (Wildman–Crippen MR) is 116 cm³/mol. The number of para-hydroxylation sites is 1. The molecule has 2 heterocycles. The molecule has 0 bridgehead atoms. The number of furan rings is 1. The van der Waals surface area contributed by atoms with Crippen molar-refractivity contribution in [3.05, 3.63) is 65.2 Å². The quantitative estimate of drug-likeness (QED) is 0.439. The monoisotopic (exact) mass is 408 g/mol. The fourth-order valence-corrected chi connectivity index (χ4v) is 3.79. The molecule has 156 valence electrons. The lowest BCUT2D eigenvalue weighted by Gasteiger charge is -2.26. The molecule has 1 unspecified atom stereocenters. The fraction of sp³-hybridized carbons (Fsp3) is 0.304. The number of nitrogens with one attached hydrogen (secondary N) is 3. The molecule has 1 aliphatic heterocycles. The molecule has 0 radical (unpaired) electrons. The molecule has 1 aliphatic rings. The van der Waals surface area contributed by atoms with Crippen LogP contribution in [0.15, 0.2) is 51.9 Å². The largest absolute Gasteiger partial charge is 0.459 e. The number of guanidine groups is 1. The van der Waals surface area contributed by atoms with E-state index in [2.05, 4.69) is 20.9 Å². The van der Waals surface area contributed by atoms with Crippen LogP contribution in [0.25, 0.3) is 11.0 Å². The average Bonchev–Trinajstić information content (AvgIpc) is 3.05. The van der Waals surface area contributed by atoms with Crippen LogP contribution < -0.4 is 16.0 Å². The van der Waals surface area contributed by atoms with E-state index in [1.165, 1.54) is 12.1 Å². The number of carbonyl (C=O) groups is 1. The third-order valence-corrected chi connectivity index (χ3v) is 5.34. The Morgan fingerprint density at radius 3 is 2.93 bits per heavy atom. The van der Waals surface area contributed by atoms with Crippen LogP contribution in [-0.4, -0.2) is 25.0 Å². The maximum atomic E-state index is 13.5. The lowest BCUT2D eigenvalue weighted by Crippen LogP contribution is -2.40. The summed E-state index contributed by atoms with van der Waals surface area (Å²) in [6.45, 7) is 5.53. The van der Waals surface area contributed by atoms with Gasteiger partial charge in [0.15, 0.2) is 5.96 Å². The number of aryl methyl sites for hydroxylation is 1. The summed E-state index contributed by atoms with van der Waals surface area (Å²) < 4.78 is 19.4. The number of benzene rings is 2. The van der Waals surface area contributed by atoms with Crippen molar-refractivity contribution in [3.63, 3.8) is 0 Å². The Bertz CT molecular complexity index is 1110. The van der Waals surface area contributed by atoms with E-state index in [1.807, 2.05) is 38.1 Å². The number of nitrogens with zero attached hydrogens (tertiary/aromatic N) is 1. The molecule has 1 amide bonds. The van der Waals surface area contributed by atoms with Gasteiger partial charge in [-0.1, -0.05) is 18.2 Å². The van der Waals surface area contributed by atoms with Crippen molar-refractivity contribution in [1.82, 2.24) is 10.6 Å². The highest BCUT2D eigenvalue weighted by molar-refractivity contribution is 5.94. The lowest BCUT2D eigenvalue weighted by atomic mass is 9.90. The Balaban J connectivity index is 1.49. The molecule has 0 aliphatic carbocycles. The molecule has 0 saturated heterocycles. The molecule has 2 aromatic carbocycles. The molecular weight excluding hydrogens is 383 g/mol. The molecule has 7 heteroatoms. The van der Waals surface area contributed by atoms with Crippen molar-refractivity contribution in [1.29, 1.82) is 0 Å². The number of carbonyl (C=O) groups excluding carboxylic acids is 1. The van der Waals surface area contributed by atoms with Crippen molar-refractivity contribution in [3.8, 4) is 0 Å². The van der Waals surface area contributed by atoms with E-state index in [0.717, 1.165) is 22.2 Å². The van der Waals surface area contributed by atoms with Gasteiger partial charge in [0.1, 0.15) is 23.7 Å². The summed E-state index contributed by atoms with van der Waals surface area (Å²) in [6, 6.07) is 12.4. The van der Waals surface area contributed by atoms with Gasteiger partial charge in [-0.15, -0.1) is 0 Å². The van der Waals surface area contributed by atoms with E-state index in [4.69, 9.17) is 4.42 Å². The van der Waals surface area contributed by atoms with E-state index in [0.29, 0.717) is 43.4 Å². The number of halogens is 1. The summed E-state index contributed by atoms with van der Waals surface area (Å²) >= 11 is 0. The van der Waals surface area contributed by atoms with Gasteiger partial charge in [0.2, 0.25) is 5.91 Å². The topological polar surface area (TPSA) is 78.7 Å². The van der Waals surface area contributed by atoms with Gasteiger partial charge < -0.3 is 20.4 Å². The summed E-state index contributed by atoms with van der Waals surface area (Å²) in [7, 11) is 0. The molecule has 1 aromatic heterocycles. The lowest BCUT2D eigenvalue weighted by molar-refractivity contribution is -0.116. The van der Waals surface area contributed by atoms with Crippen LogP contribution in [-0.2, 0) is 11.3 Å². The SMILES string of the molecule is CCNC(=NCc1oc2ccc(F)cc2c1C)NCC1CC(=O)Nc2ccccc21. The predicted octanol–water partition coefficient (Wildman–Crippen LogP) is 4.06. The molecular formula is C23H25FN4O2. The third-order valence-electron chi connectivity index (χ3n) is 5.34. The van der Waals surface area contributed by atoms with Crippen LogP contribution in [0.5, 0.6) is 0 Å². The number of hydrogen-bond acceptors (Lipinski definition) is 3. The van der Waals surface area contributed by atoms with Crippen LogP contribution >= 0.6 is 0 Å². The van der Waals surface area contributed by atoms with Crippen LogP contribution in [0, 0.1) is 12.7 Å². The molecule has 6 nitrogen and oxygen atoms in total. The van der Waals surface area contributed by atoms with E-state index >= 15 is 0 Å². The van der Waals surface area contributed by atoms with E-state index in [-0.39, 0.29) is 17.6 Å². The van der Waals surface area contributed by atoms with Gasteiger partial charge in [-0.2, -0.15) is 0 Å². The summed E-state index contributed by atoms with van der Waals surface area (Å²) in [6.07, 6.45) is 0.428. The number of anilines is 1. The minimum atomic E-state index is -0.284. The zero-order valence-corrected chi connectivity index (χ0v) is 17.1. The van der Waals surface area contributed by atoms with E-state index in [1.54, 1.807) is 6.07 Å². The molecule has 3 aromatic rings. The molecule has 1 atom stereocenters. The van der Waals surface area contributed by atoms with Crippen molar-refractivity contribution in [2.24, 2.45) is 4.99 Å². The average molecular weight is 408 g/mol. The molecule has 0 fully saturated rings. The van der Waals surface area contributed by atoms with Crippen molar-refractivity contribution in [2.75, 3.05) is 18.4 Å². The van der Waals surface area contributed by atoms with Crippen molar-refractivity contribution >= 4 is 28.5 Å². The maximum Gasteiger partial charge on any atom is 0.225 e. The summed E-state index contributed by atoms with van der Waals surface area (Å²) in [5.74, 6) is 1.15. The number of rotatable bonds is 5. The van der Waals surface area contributed by atoms with Gasteiger partial charge in [-0.3, -0.25) is 4.79 Å². The highest BCUT2D eigenvalue weighted by Gasteiger charge is 2.24. The third kappa shape index (κ3) is 4.15. The Hall–Kier alpha value is -3.35. The second-order valence-electron chi connectivity index (χ2n) is 7.40. The summed E-state index contributed by atoms with van der Waals surface area (Å²) in [5.41, 5.74) is 3.53. The summed E-state index contributed by atoms with van der Waals surface area (Å²) in [4.78, 5) is 16.7. The van der Waals surface area contributed by atoms with Crippen LogP contribution in [0.3, 0.4) is 0 Å². The van der Waals surface area contributed by atoms with Crippen LogP contribution in [0.4, 0.5) is 10.1 Å². The Labute approximate surface area is 174 Å². The number of hydrogen-bond donors (Lipinski definition) is 3. The molecule has 30 heavy (non-hydrogen) atoms. The van der Waals surface area contributed by atoms with Gasteiger partial charge >= 0.3 is 0 Å². The van der Waals surface area contributed by atoms with Gasteiger partial charge in [0.25, 0.3) is 0 Å². The standard InChI is InChI=1S/C23H25FN4O2/c1-3-25-23(26-12-15-10-22(29)28-19-7-5-4-6-17(15)19)27-13-21-14(2)18-11-16(24)8-9-20(18)30-21/h4-9,11,15H,3,10,12-13H2,1-2H3,(H,28,29)(H2,25,26,27). The zero-order chi connectivity index (χ0) is 21.1. The minimum absolute atomic E-state index is 0.0209. The molecule has 0 saturated carbocycles. The first-order valence-corrected chi connectivity index (χ1v) is 10.1. The van der Waals surface area contributed by atoms with E-state index < -0.39 is 0 Å². The molecule has 4 rings (SSSR count). The molecule has 0 spiro atoms. The van der Waals surface area contributed by atoms with Gasteiger partial charge in [0.05, 0.1) is 0 Å². The van der Waals surface area contributed by atoms with Crippen LogP contribution in [0.2, 0.25) is 0 Å². The highest BCUT2D eigenvalue weighted by Crippen LogP contribution is 2.31. The first-order chi connectivity index (χ1) is 14.5. The van der Waals surface area contributed by atoms with E-state index in [9.17, 15) is 9.18 Å². The first kappa shape index (κ1) is 19.9. The summed E-state index contributed by atoms with van der Waals surface area (Å²) in [5, 5.41) is 10.3. The second-order valence-corrected chi connectivity index (χ2v) is 7.40. The van der Waals surface area contributed by atoms with Crippen molar-refractivity contribution in [2.45, 2.75) is 32.7 Å². The van der Waals surface area contributed by atoms with Gasteiger partial charge in [-0.05, 0) is 43.7 Å². The Kier molecular flexibility index (Phi) is 5.70. The normalized spacial score (nSPS) is 16.3. The van der Waals surface area contributed by atoms with Crippen LogP contribution in [0.1, 0.15) is 36.1 Å².